The van der Waals surface area contributed by atoms with Gasteiger partial charge in [0.2, 0.25) is 21.8 Å². The van der Waals surface area contributed by atoms with Gasteiger partial charge >= 0.3 is 0 Å². The Morgan fingerprint density at radius 3 is 2.30 bits per heavy atom. The fraction of sp³-hybridized carbons (Fsp3) is 0.391. The van der Waals surface area contributed by atoms with E-state index in [1.54, 1.807) is 31.2 Å². The van der Waals surface area contributed by atoms with Gasteiger partial charge in [0.15, 0.2) is 0 Å². The highest BCUT2D eigenvalue weighted by Crippen LogP contribution is 2.20. The van der Waals surface area contributed by atoms with Gasteiger partial charge in [-0.2, -0.15) is 0 Å². The van der Waals surface area contributed by atoms with E-state index in [9.17, 15) is 22.4 Å². The van der Waals surface area contributed by atoms with Gasteiger partial charge in [-0.25, -0.2) is 12.8 Å². The summed E-state index contributed by atoms with van der Waals surface area (Å²) in [6.45, 7) is 4.87. The number of hydrogen-bond acceptors (Lipinski definition) is 4. The molecule has 0 spiro atoms. The number of nitrogens with zero attached hydrogens (tertiary/aromatic N) is 2. The summed E-state index contributed by atoms with van der Waals surface area (Å²) in [5, 5.41) is 3.32. The third-order valence-corrected chi connectivity index (χ3v) is 6.58. The van der Waals surface area contributed by atoms with Gasteiger partial charge < -0.3 is 10.2 Å². The van der Waals surface area contributed by atoms with Crippen LogP contribution in [-0.2, 0) is 26.2 Å². The first kappa shape index (κ1) is 26.6. The predicted molar refractivity (Wildman–Crippen MR) is 128 cm³/mol. The number of benzene rings is 2. The number of carbonyl (C=O) groups is 2. The quantitative estimate of drug-likeness (QED) is 0.543. The molecule has 0 saturated carbocycles. The van der Waals surface area contributed by atoms with Crippen LogP contribution in [0.3, 0.4) is 0 Å². The third kappa shape index (κ3) is 7.71. The zero-order valence-corrected chi connectivity index (χ0v) is 20.7. The Bertz CT molecular complexity index is 1080. The average molecular weight is 498 g/mol. The maximum absolute atomic E-state index is 13.4. The molecule has 2 aromatic rings. The molecule has 0 aliphatic carbocycles. The number of nitrogens with one attached hydrogen (secondary N) is 1. The van der Waals surface area contributed by atoms with Crippen molar-refractivity contribution in [2.45, 2.75) is 45.8 Å². The topological polar surface area (TPSA) is 86.8 Å². The molecule has 1 N–H and O–H groups in total. The fourth-order valence-corrected chi connectivity index (χ4v) is 4.16. The Labute approximate surface area is 199 Å². The molecule has 0 unspecified atom stereocenters. The molecule has 180 valence electrons. The molecule has 2 amide bonds. The molecule has 2 atom stereocenters. The largest absolute Gasteiger partial charge is 0.352 e. The number of halogens is 2. The van der Waals surface area contributed by atoms with E-state index in [-0.39, 0.29) is 24.2 Å². The SMILES string of the molecule is CC[C@H](C)NC(=O)[C@@H](C)N(Cc1cccc(Cl)c1)C(=O)CN(c1ccc(F)cc1)S(C)(=O)=O. The van der Waals surface area contributed by atoms with Crippen LogP contribution in [0.15, 0.2) is 48.5 Å². The summed E-state index contributed by atoms with van der Waals surface area (Å²) in [5.74, 6) is -1.47. The third-order valence-electron chi connectivity index (χ3n) is 5.20. The van der Waals surface area contributed by atoms with Crippen LogP contribution < -0.4 is 9.62 Å². The van der Waals surface area contributed by atoms with Gasteiger partial charge in [-0.3, -0.25) is 13.9 Å². The number of sulfonamides is 1. The predicted octanol–water partition coefficient (Wildman–Crippen LogP) is 3.58. The highest BCUT2D eigenvalue weighted by atomic mass is 35.5. The molecule has 0 heterocycles. The number of hydrogen-bond donors (Lipinski definition) is 1. The van der Waals surface area contributed by atoms with Gasteiger partial charge in [0.05, 0.1) is 11.9 Å². The maximum atomic E-state index is 13.4. The fourth-order valence-electron chi connectivity index (χ4n) is 3.10. The van der Waals surface area contributed by atoms with Crippen LogP contribution in [0.4, 0.5) is 10.1 Å². The molecule has 33 heavy (non-hydrogen) atoms. The minimum atomic E-state index is -3.87. The highest BCUT2D eigenvalue weighted by molar-refractivity contribution is 7.92. The molecule has 0 bridgehead atoms. The van der Waals surface area contributed by atoms with Crippen LogP contribution in [-0.4, -0.2) is 50.0 Å². The zero-order chi connectivity index (χ0) is 24.8. The first-order valence-corrected chi connectivity index (χ1v) is 12.7. The van der Waals surface area contributed by atoms with E-state index in [1.807, 2.05) is 13.8 Å². The Kier molecular flexibility index (Phi) is 9.25. The molecule has 0 fully saturated rings. The van der Waals surface area contributed by atoms with Crippen LogP contribution in [0.25, 0.3) is 0 Å². The standard InChI is InChI=1S/C23H29ClFN3O4S/c1-5-16(2)26-23(30)17(3)27(14-18-7-6-8-19(24)13-18)22(29)15-28(33(4,31)32)21-11-9-20(25)10-12-21/h6-13,16-17H,5,14-15H2,1-4H3,(H,26,30)/t16-,17+/m0/s1. The lowest BCUT2D eigenvalue weighted by Crippen LogP contribution is -2.52. The van der Waals surface area contributed by atoms with Crippen LogP contribution in [0, 0.1) is 5.82 Å². The Balaban J connectivity index is 2.37. The highest BCUT2D eigenvalue weighted by Gasteiger charge is 2.30. The van der Waals surface area contributed by atoms with Gasteiger partial charge in [-0.15, -0.1) is 0 Å². The minimum Gasteiger partial charge on any atom is -0.352 e. The summed E-state index contributed by atoms with van der Waals surface area (Å²) in [6, 6.07) is 10.7. The average Bonchev–Trinajstić information content (AvgIpc) is 2.75. The number of carbonyl (C=O) groups excluding carboxylic acids is 2. The van der Waals surface area contributed by atoms with Gasteiger partial charge in [0, 0.05) is 17.6 Å². The van der Waals surface area contributed by atoms with Crippen molar-refractivity contribution in [1.82, 2.24) is 10.2 Å². The van der Waals surface area contributed by atoms with Crippen molar-refractivity contribution in [3.05, 3.63) is 64.9 Å². The van der Waals surface area contributed by atoms with Crippen LogP contribution >= 0.6 is 11.6 Å². The summed E-state index contributed by atoms with van der Waals surface area (Å²) in [4.78, 5) is 27.5. The van der Waals surface area contributed by atoms with E-state index in [4.69, 9.17) is 11.6 Å². The number of amides is 2. The summed E-state index contributed by atoms with van der Waals surface area (Å²) in [5.41, 5.74) is 0.832. The minimum absolute atomic E-state index is 0.0511. The van der Waals surface area contributed by atoms with Crippen LogP contribution in [0.2, 0.25) is 5.02 Å². The van der Waals surface area contributed by atoms with Crippen LogP contribution in [0.5, 0.6) is 0 Å². The lowest BCUT2D eigenvalue weighted by atomic mass is 10.1. The lowest BCUT2D eigenvalue weighted by Gasteiger charge is -2.32. The maximum Gasteiger partial charge on any atom is 0.244 e. The molecule has 0 saturated heterocycles. The van der Waals surface area contributed by atoms with Gasteiger partial charge in [0.25, 0.3) is 0 Å². The van der Waals surface area contributed by atoms with Crippen molar-refractivity contribution >= 4 is 39.1 Å². The monoisotopic (exact) mass is 497 g/mol. The molecule has 10 heteroatoms. The molecule has 0 radical (unpaired) electrons. The second kappa shape index (κ2) is 11.5. The van der Waals surface area contributed by atoms with Gasteiger partial charge in [-0.05, 0) is 62.2 Å². The molecule has 2 rings (SSSR count). The Hall–Kier alpha value is -2.65. The van der Waals surface area contributed by atoms with Crippen molar-refractivity contribution in [3.63, 3.8) is 0 Å². The van der Waals surface area contributed by atoms with E-state index in [0.717, 1.165) is 22.7 Å². The molecular weight excluding hydrogens is 469 g/mol. The Morgan fingerprint density at radius 2 is 1.76 bits per heavy atom. The van der Waals surface area contributed by atoms with Crippen molar-refractivity contribution in [2.24, 2.45) is 0 Å². The Morgan fingerprint density at radius 1 is 1.12 bits per heavy atom. The van der Waals surface area contributed by atoms with Gasteiger partial charge in [-0.1, -0.05) is 30.7 Å². The first-order chi connectivity index (χ1) is 15.4. The molecule has 2 aromatic carbocycles. The smallest absolute Gasteiger partial charge is 0.244 e. The van der Waals surface area contributed by atoms with E-state index < -0.39 is 34.3 Å². The molecule has 0 aliphatic heterocycles. The van der Waals surface area contributed by atoms with Crippen molar-refractivity contribution in [2.75, 3.05) is 17.1 Å². The van der Waals surface area contributed by atoms with Crippen LogP contribution in [0.1, 0.15) is 32.8 Å². The van der Waals surface area contributed by atoms with Crippen molar-refractivity contribution in [3.8, 4) is 0 Å². The molecular formula is C23H29ClFN3O4S. The molecule has 0 aromatic heterocycles. The number of rotatable bonds is 10. The van der Waals surface area contributed by atoms with Crippen molar-refractivity contribution < 1.29 is 22.4 Å². The molecule has 7 nitrogen and oxygen atoms in total. The summed E-state index contributed by atoms with van der Waals surface area (Å²) >= 11 is 6.07. The van der Waals surface area contributed by atoms with E-state index in [0.29, 0.717) is 17.0 Å². The molecule has 0 aliphatic rings. The zero-order valence-electron chi connectivity index (χ0n) is 19.1. The summed E-state index contributed by atoms with van der Waals surface area (Å²) < 4.78 is 39.1. The second-order valence-electron chi connectivity index (χ2n) is 7.89. The lowest BCUT2D eigenvalue weighted by molar-refractivity contribution is -0.139. The summed E-state index contributed by atoms with van der Waals surface area (Å²) in [7, 11) is -3.87. The van der Waals surface area contributed by atoms with E-state index in [2.05, 4.69) is 5.32 Å². The summed E-state index contributed by atoms with van der Waals surface area (Å²) in [6.07, 6.45) is 1.68. The van der Waals surface area contributed by atoms with E-state index >= 15 is 0 Å². The number of anilines is 1. The van der Waals surface area contributed by atoms with Gasteiger partial charge in [0.1, 0.15) is 18.4 Å². The second-order valence-corrected chi connectivity index (χ2v) is 10.2. The first-order valence-electron chi connectivity index (χ1n) is 10.5. The normalized spacial score (nSPS) is 13.2. The van der Waals surface area contributed by atoms with Crippen molar-refractivity contribution in [1.29, 1.82) is 0 Å². The van der Waals surface area contributed by atoms with E-state index in [1.165, 1.54) is 17.0 Å².